The lowest BCUT2D eigenvalue weighted by Crippen LogP contribution is -2.06. The summed E-state index contributed by atoms with van der Waals surface area (Å²) in [6, 6.07) is 68.3. The molecule has 0 saturated heterocycles. The zero-order valence-electron chi connectivity index (χ0n) is 32.6. The first-order chi connectivity index (χ1) is 30.2. The molecule has 0 unspecified atom stereocenters. The maximum atomic E-state index is 7.13. The molecule has 13 aromatic rings. The minimum atomic E-state index is 0.539. The van der Waals surface area contributed by atoms with Gasteiger partial charge in [-0.15, -0.1) is 11.3 Å². The summed E-state index contributed by atoms with van der Waals surface area (Å²) in [5.74, 6) is 1.66. The Labute approximate surface area is 353 Å². The van der Waals surface area contributed by atoms with Crippen LogP contribution in [-0.2, 0) is 0 Å². The predicted octanol–water partition coefficient (Wildman–Crippen LogP) is 15.1. The summed E-state index contributed by atoms with van der Waals surface area (Å²) in [4.78, 5) is 15.8. The lowest BCUT2D eigenvalue weighted by atomic mass is 9.94. The smallest absolute Gasteiger partial charge is 0.238 e. The third kappa shape index (κ3) is 5.22. The van der Waals surface area contributed by atoms with E-state index >= 15 is 0 Å². The summed E-state index contributed by atoms with van der Waals surface area (Å²) in [6.07, 6.45) is 0. The average molecular weight is 797 g/mol. The van der Waals surface area contributed by atoms with Crippen LogP contribution in [0.1, 0.15) is 0 Å². The number of aromatic nitrogens is 4. The number of hydrogen-bond acceptors (Lipinski definition) is 5. The molecule has 61 heavy (non-hydrogen) atoms. The number of furan rings is 1. The number of rotatable bonds is 5. The summed E-state index contributed by atoms with van der Waals surface area (Å²) >= 11 is 1.86. The molecule has 0 aliphatic carbocycles. The molecule has 0 bridgehead atoms. The molecule has 0 aliphatic rings. The minimum absolute atomic E-state index is 0.539. The third-order valence-electron chi connectivity index (χ3n) is 12.1. The fourth-order valence-electron chi connectivity index (χ4n) is 9.27. The Bertz CT molecular complexity index is 3830. The summed E-state index contributed by atoms with van der Waals surface area (Å²) < 4.78 is 11.9. The van der Waals surface area contributed by atoms with Crippen LogP contribution in [0.5, 0.6) is 0 Å². The molecule has 284 valence electrons. The molecule has 0 spiro atoms. The van der Waals surface area contributed by atoms with Crippen LogP contribution in [0.25, 0.3) is 126 Å². The maximum Gasteiger partial charge on any atom is 0.238 e. The second-order valence-electron chi connectivity index (χ2n) is 15.5. The van der Waals surface area contributed by atoms with Crippen molar-refractivity contribution in [2.45, 2.75) is 0 Å². The monoisotopic (exact) mass is 796 g/mol. The van der Waals surface area contributed by atoms with Gasteiger partial charge in [-0.3, -0.25) is 4.57 Å². The van der Waals surface area contributed by atoms with Gasteiger partial charge in [0, 0.05) is 58.2 Å². The number of hydrogen-bond donors (Lipinski definition) is 0. The zero-order valence-corrected chi connectivity index (χ0v) is 33.4. The fraction of sp³-hybridized carbons (Fsp3) is 0. The quantitative estimate of drug-likeness (QED) is 0.174. The zero-order chi connectivity index (χ0) is 40.0. The highest BCUT2D eigenvalue weighted by molar-refractivity contribution is 7.26. The van der Waals surface area contributed by atoms with Gasteiger partial charge >= 0.3 is 0 Å². The highest BCUT2D eigenvalue weighted by Crippen LogP contribution is 2.46. The molecule has 6 heteroatoms. The number of thiophene rings is 1. The molecule has 0 saturated carbocycles. The van der Waals surface area contributed by atoms with Crippen molar-refractivity contribution in [3.05, 3.63) is 194 Å². The number of nitrogens with zero attached hydrogens (tertiary/aromatic N) is 4. The molecule has 4 heterocycles. The standard InChI is InChI=1S/C55H32N4OS/c1-2-14-33(15-3-1)34-28-30-35(31-29-34)53-56-54(58-55(57-53)59-47-25-9-6-17-37(47)38-18-7-10-26-48(38)59)44-24-13-22-41-40-21-12-23-42(50(40)60-51(41)44)45-32-46-39-19-8-11-27-49(39)61-52(46)43-20-5-4-16-36(43)45/h1-32H. The number of fused-ring (bicyclic) bond motifs is 11. The number of para-hydroxylation sites is 4. The van der Waals surface area contributed by atoms with Gasteiger partial charge in [-0.1, -0.05) is 164 Å². The topological polar surface area (TPSA) is 56.7 Å². The van der Waals surface area contributed by atoms with Gasteiger partial charge in [0.1, 0.15) is 11.2 Å². The van der Waals surface area contributed by atoms with E-state index in [2.05, 4.69) is 193 Å². The Morgan fingerprint density at radius 2 is 0.902 bits per heavy atom. The van der Waals surface area contributed by atoms with Crippen molar-refractivity contribution < 1.29 is 4.42 Å². The van der Waals surface area contributed by atoms with E-state index in [1.165, 1.54) is 30.9 Å². The van der Waals surface area contributed by atoms with Crippen LogP contribution in [0.3, 0.4) is 0 Å². The minimum Gasteiger partial charge on any atom is -0.455 e. The largest absolute Gasteiger partial charge is 0.455 e. The van der Waals surface area contributed by atoms with Gasteiger partial charge in [-0.25, -0.2) is 4.98 Å². The van der Waals surface area contributed by atoms with Crippen molar-refractivity contribution in [3.63, 3.8) is 0 Å². The third-order valence-corrected chi connectivity index (χ3v) is 13.3. The highest BCUT2D eigenvalue weighted by atomic mass is 32.1. The molecule has 4 aromatic heterocycles. The second-order valence-corrected chi connectivity index (χ2v) is 16.6. The van der Waals surface area contributed by atoms with Gasteiger partial charge < -0.3 is 4.42 Å². The predicted molar refractivity (Wildman–Crippen MR) is 254 cm³/mol. The highest BCUT2D eigenvalue weighted by Gasteiger charge is 2.22. The van der Waals surface area contributed by atoms with Crippen molar-refractivity contribution >= 4 is 86.0 Å². The van der Waals surface area contributed by atoms with E-state index < -0.39 is 0 Å². The molecule has 13 rings (SSSR count). The normalized spacial score (nSPS) is 11.9. The lowest BCUT2D eigenvalue weighted by molar-refractivity contribution is 0.670. The van der Waals surface area contributed by atoms with Crippen LogP contribution >= 0.6 is 11.3 Å². The Kier molecular flexibility index (Phi) is 7.41. The summed E-state index contributed by atoms with van der Waals surface area (Å²) in [6.45, 7) is 0. The van der Waals surface area contributed by atoms with Crippen LogP contribution < -0.4 is 0 Å². The van der Waals surface area contributed by atoms with Crippen LogP contribution in [0.15, 0.2) is 199 Å². The van der Waals surface area contributed by atoms with Crippen molar-refractivity contribution in [3.8, 4) is 51.0 Å². The summed E-state index contributed by atoms with van der Waals surface area (Å²) in [5.41, 5.74) is 9.81. The first-order valence-electron chi connectivity index (χ1n) is 20.4. The molecule has 0 atom stereocenters. The lowest BCUT2D eigenvalue weighted by Gasteiger charge is -2.11. The molecule has 0 radical (unpaired) electrons. The Balaban J connectivity index is 1.05. The Morgan fingerprint density at radius 3 is 1.64 bits per heavy atom. The number of benzene rings is 9. The van der Waals surface area contributed by atoms with Gasteiger partial charge in [0.15, 0.2) is 11.6 Å². The van der Waals surface area contributed by atoms with E-state index in [9.17, 15) is 0 Å². The fourth-order valence-corrected chi connectivity index (χ4v) is 10.5. The second kappa shape index (κ2) is 13.3. The average Bonchev–Trinajstić information content (AvgIpc) is 4.02. The Morgan fingerprint density at radius 1 is 0.361 bits per heavy atom. The van der Waals surface area contributed by atoms with Crippen molar-refractivity contribution in [2.24, 2.45) is 0 Å². The van der Waals surface area contributed by atoms with Gasteiger partial charge in [-0.05, 0) is 52.4 Å². The van der Waals surface area contributed by atoms with E-state index in [4.69, 9.17) is 19.4 Å². The molecule has 9 aromatic carbocycles. The van der Waals surface area contributed by atoms with Crippen LogP contribution in [0.4, 0.5) is 0 Å². The van der Waals surface area contributed by atoms with Crippen LogP contribution in [-0.4, -0.2) is 19.5 Å². The maximum absolute atomic E-state index is 7.13. The summed E-state index contributed by atoms with van der Waals surface area (Å²) in [5, 5.41) is 9.31. The molecular formula is C55H32N4OS. The first kappa shape index (κ1) is 34.0. The van der Waals surface area contributed by atoms with Crippen molar-refractivity contribution in [1.29, 1.82) is 0 Å². The van der Waals surface area contributed by atoms with Gasteiger partial charge in [0.05, 0.1) is 16.6 Å². The van der Waals surface area contributed by atoms with Crippen LogP contribution in [0.2, 0.25) is 0 Å². The van der Waals surface area contributed by atoms with E-state index in [-0.39, 0.29) is 0 Å². The van der Waals surface area contributed by atoms with Gasteiger partial charge in [0.2, 0.25) is 5.95 Å². The van der Waals surface area contributed by atoms with E-state index in [0.717, 1.165) is 77.1 Å². The van der Waals surface area contributed by atoms with E-state index in [0.29, 0.717) is 17.6 Å². The first-order valence-corrected chi connectivity index (χ1v) is 21.3. The molecule has 0 amide bonds. The summed E-state index contributed by atoms with van der Waals surface area (Å²) in [7, 11) is 0. The van der Waals surface area contributed by atoms with Crippen molar-refractivity contribution in [2.75, 3.05) is 0 Å². The molecule has 5 nitrogen and oxygen atoms in total. The van der Waals surface area contributed by atoms with E-state index in [1.807, 2.05) is 17.4 Å². The van der Waals surface area contributed by atoms with Gasteiger partial charge in [-0.2, -0.15) is 9.97 Å². The SMILES string of the molecule is c1ccc(-c2ccc(-c3nc(-c4cccc5c4oc4c(-c6cc7c8ccccc8sc7c7ccccc67)cccc45)nc(-n4c5ccccc5c5ccccc54)n3)cc2)cc1. The molecule has 0 fully saturated rings. The van der Waals surface area contributed by atoms with E-state index in [1.54, 1.807) is 0 Å². The molecular weight excluding hydrogens is 765 g/mol. The van der Waals surface area contributed by atoms with Crippen LogP contribution in [0, 0.1) is 0 Å². The molecule has 0 aliphatic heterocycles. The van der Waals surface area contributed by atoms with Gasteiger partial charge in [0.25, 0.3) is 0 Å². The molecule has 0 N–H and O–H groups in total. The Hall–Kier alpha value is -7.93. The van der Waals surface area contributed by atoms with Crippen molar-refractivity contribution in [1.82, 2.24) is 19.5 Å².